The Balaban J connectivity index is 1.93. The monoisotopic (exact) mass is 252 g/mol. The lowest BCUT2D eigenvalue weighted by Gasteiger charge is -2.12. The van der Waals surface area contributed by atoms with Crippen LogP contribution in [0.1, 0.15) is 23.5 Å². The zero-order chi connectivity index (χ0) is 13.2. The molecule has 19 heavy (non-hydrogen) atoms. The Morgan fingerprint density at radius 1 is 1.00 bits per heavy atom. The predicted octanol–water partition coefficient (Wildman–Crippen LogP) is 3.61. The largest absolute Gasteiger partial charge is 0.448 e. The predicted molar refractivity (Wildman–Crippen MR) is 72.8 cm³/mol. The maximum Gasteiger partial charge on any atom is 0.426 e. The van der Waals surface area contributed by atoms with Crippen LogP contribution >= 0.6 is 0 Å². The van der Waals surface area contributed by atoms with Crippen molar-refractivity contribution >= 4 is 6.09 Å². The molecule has 0 unspecified atom stereocenters. The van der Waals surface area contributed by atoms with Crippen LogP contribution in [0.3, 0.4) is 0 Å². The average Bonchev–Trinajstić information content (AvgIpc) is 2.74. The van der Waals surface area contributed by atoms with Gasteiger partial charge in [-0.3, -0.25) is 0 Å². The van der Waals surface area contributed by atoms with Crippen molar-refractivity contribution in [2.24, 2.45) is 0 Å². The number of rotatable bonds is 3. The van der Waals surface area contributed by atoms with Crippen molar-refractivity contribution < 1.29 is 9.53 Å². The zero-order valence-electron chi connectivity index (χ0n) is 10.4. The summed E-state index contributed by atoms with van der Waals surface area (Å²) < 4.78 is 4.76. The minimum absolute atomic E-state index is 0.256. The lowest BCUT2D eigenvalue weighted by Crippen LogP contribution is -2.07. The number of fused-ring (bicyclic) bond motifs is 3. The molecule has 0 fully saturated rings. The van der Waals surface area contributed by atoms with Crippen LogP contribution in [-0.2, 0) is 4.74 Å². The Hall–Kier alpha value is -2.29. The van der Waals surface area contributed by atoms with Crippen LogP contribution < -0.4 is 5.73 Å². The summed E-state index contributed by atoms with van der Waals surface area (Å²) in [4.78, 5) is 10.6. The molecule has 0 saturated carbocycles. The van der Waals surface area contributed by atoms with E-state index in [-0.39, 0.29) is 12.5 Å². The first-order chi connectivity index (χ1) is 9.27. The van der Waals surface area contributed by atoms with Crippen molar-refractivity contribution in [2.45, 2.75) is 12.3 Å². The summed E-state index contributed by atoms with van der Waals surface area (Å²) in [5, 5.41) is 0. The number of ether oxygens (including phenoxy) is 1. The highest BCUT2D eigenvalue weighted by atomic mass is 16.5. The summed E-state index contributed by atoms with van der Waals surface area (Å²) in [6.45, 7) is 0.287. The molecule has 3 heteroatoms. The van der Waals surface area contributed by atoms with Gasteiger partial charge in [0.05, 0.1) is 6.61 Å². The van der Waals surface area contributed by atoms with Gasteiger partial charge in [-0.25, -0.2) is 10.5 Å². The van der Waals surface area contributed by atoms with E-state index < -0.39 is 6.09 Å². The van der Waals surface area contributed by atoms with Gasteiger partial charge in [-0.05, 0) is 28.7 Å². The van der Waals surface area contributed by atoms with Gasteiger partial charge >= 0.3 is 6.09 Å². The van der Waals surface area contributed by atoms with Gasteiger partial charge in [0.25, 0.3) is 0 Å². The normalized spacial score (nSPS) is 12.8. The number of carbonyl (C=O) groups is 1. The van der Waals surface area contributed by atoms with E-state index in [0.717, 1.165) is 6.42 Å². The second kappa shape index (κ2) is 4.76. The third kappa shape index (κ3) is 2.08. The first-order valence-corrected chi connectivity index (χ1v) is 6.34. The Labute approximate surface area is 112 Å². The fourth-order valence-electron chi connectivity index (χ4n) is 2.84. The number of benzene rings is 2. The first kappa shape index (κ1) is 11.8. The Bertz CT molecular complexity index is 576. The molecule has 3 rings (SSSR count). The minimum Gasteiger partial charge on any atom is -0.448 e. The number of amides is 1. The van der Waals surface area contributed by atoms with Gasteiger partial charge in [-0.15, -0.1) is 0 Å². The Kier molecular flexibility index (Phi) is 2.95. The molecule has 2 aromatic carbocycles. The summed E-state index contributed by atoms with van der Waals surface area (Å²) in [5.41, 5.74) is 11.9. The average molecular weight is 252 g/mol. The molecule has 1 aliphatic carbocycles. The van der Waals surface area contributed by atoms with E-state index in [9.17, 15) is 4.79 Å². The highest BCUT2D eigenvalue weighted by Gasteiger charge is 2.27. The molecular formula is C16H14NO2. The topological polar surface area (TPSA) is 50.1 Å². The minimum atomic E-state index is -0.959. The molecule has 3 nitrogen and oxygen atoms in total. The SMILES string of the molecule is [NH]C(=O)OCCC1c2ccccc2-c2ccccc21. The Morgan fingerprint density at radius 2 is 1.53 bits per heavy atom. The second-order valence-electron chi connectivity index (χ2n) is 4.65. The van der Waals surface area contributed by atoms with Crippen LogP contribution in [0.25, 0.3) is 11.1 Å². The molecular weight excluding hydrogens is 238 g/mol. The van der Waals surface area contributed by atoms with Crippen LogP contribution in [0.4, 0.5) is 4.79 Å². The summed E-state index contributed by atoms with van der Waals surface area (Å²) in [5.74, 6) is 0.256. The van der Waals surface area contributed by atoms with Crippen LogP contribution in [0.2, 0.25) is 0 Å². The van der Waals surface area contributed by atoms with Crippen molar-refractivity contribution in [3.8, 4) is 11.1 Å². The molecule has 0 aromatic heterocycles. The van der Waals surface area contributed by atoms with Crippen molar-refractivity contribution in [2.75, 3.05) is 6.61 Å². The number of carbonyl (C=O) groups excluding carboxylic acids is 1. The molecule has 0 saturated heterocycles. The first-order valence-electron chi connectivity index (χ1n) is 6.34. The van der Waals surface area contributed by atoms with Crippen LogP contribution in [-0.4, -0.2) is 12.7 Å². The van der Waals surface area contributed by atoms with Crippen molar-refractivity contribution in [3.63, 3.8) is 0 Å². The molecule has 0 heterocycles. The molecule has 1 N–H and O–H groups in total. The van der Waals surface area contributed by atoms with Crippen LogP contribution in [0.5, 0.6) is 0 Å². The van der Waals surface area contributed by atoms with Gasteiger partial charge in [0, 0.05) is 5.92 Å². The van der Waals surface area contributed by atoms with E-state index in [1.54, 1.807) is 0 Å². The van der Waals surface area contributed by atoms with E-state index >= 15 is 0 Å². The van der Waals surface area contributed by atoms with E-state index in [0.29, 0.717) is 0 Å². The van der Waals surface area contributed by atoms with Gasteiger partial charge in [0.2, 0.25) is 0 Å². The standard InChI is InChI=1S/C16H14NO2/c17-16(18)19-10-9-15-13-7-3-1-5-11(13)12-6-2-4-8-14(12)15/h1-8,15,17H,9-10H2. The fourth-order valence-corrected chi connectivity index (χ4v) is 2.84. The van der Waals surface area contributed by atoms with Gasteiger partial charge < -0.3 is 4.74 Å². The molecule has 1 amide bonds. The Morgan fingerprint density at radius 3 is 2.05 bits per heavy atom. The summed E-state index contributed by atoms with van der Waals surface area (Å²) in [6, 6.07) is 16.7. The summed E-state index contributed by atoms with van der Waals surface area (Å²) in [6.07, 6.45) is -0.238. The molecule has 0 bridgehead atoms. The van der Waals surface area contributed by atoms with Gasteiger partial charge in [-0.1, -0.05) is 48.5 Å². The van der Waals surface area contributed by atoms with Gasteiger partial charge in [0.15, 0.2) is 0 Å². The zero-order valence-corrected chi connectivity index (χ0v) is 10.4. The number of hydrogen-bond donors (Lipinski definition) is 0. The second-order valence-corrected chi connectivity index (χ2v) is 4.65. The lowest BCUT2D eigenvalue weighted by molar-refractivity contribution is 0.152. The van der Waals surface area contributed by atoms with Gasteiger partial charge in [-0.2, -0.15) is 0 Å². The van der Waals surface area contributed by atoms with Crippen molar-refractivity contribution in [1.82, 2.24) is 5.73 Å². The molecule has 95 valence electrons. The highest BCUT2D eigenvalue weighted by Crippen LogP contribution is 2.45. The fraction of sp³-hybridized carbons (Fsp3) is 0.188. The maximum absolute atomic E-state index is 10.6. The number of nitrogens with one attached hydrogen (secondary N) is 1. The highest BCUT2D eigenvalue weighted by molar-refractivity contribution is 5.78. The maximum atomic E-state index is 10.6. The van der Waals surface area contributed by atoms with E-state index in [1.165, 1.54) is 22.3 Å². The number of hydrogen-bond acceptors (Lipinski definition) is 2. The lowest BCUT2D eigenvalue weighted by atomic mass is 9.94. The van der Waals surface area contributed by atoms with Gasteiger partial charge in [0.1, 0.15) is 0 Å². The van der Waals surface area contributed by atoms with E-state index in [2.05, 4.69) is 24.3 Å². The third-order valence-electron chi connectivity index (χ3n) is 3.60. The van der Waals surface area contributed by atoms with E-state index in [4.69, 9.17) is 10.5 Å². The molecule has 1 radical (unpaired) electrons. The van der Waals surface area contributed by atoms with Crippen LogP contribution in [0, 0.1) is 0 Å². The molecule has 0 atom stereocenters. The van der Waals surface area contributed by atoms with E-state index in [1.807, 2.05) is 24.3 Å². The summed E-state index contributed by atoms with van der Waals surface area (Å²) in [7, 11) is 0. The molecule has 0 aliphatic heterocycles. The summed E-state index contributed by atoms with van der Waals surface area (Å²) >= 11 is 0. The molecule has 1 aliphatic rings. The van der Waals surface area contributed by atoms with Crippen LogP contribution in [0.15, 0.2) is 48.5 Å². The molecule has 2 aromatic rings. The third-order valence-corrected chi connectivity index (χ3v) is 3.60. The smallest absolute Gasteiger partial charge is 0.426 e. The molecule has 0 spiro atoms. The van der Waals surface area contributed by atoms with Crippen molar-refractivity contribution in [1.29, 1.82) is 0 Å². The van der Waals surface area contributed by atoms with Crippen molar-refractivity contribution in [3.05, 3.63) is 59.7 Å². The quantitative estimate of drug-likeness (QED) is 0.837.